The maximum Gasteiger partial charge on any atom is 0.0783 e. The van der Waals surface area contributed by atoms with Crippen LogP contribution in [0.1, 0.15) is 11.1 Å². The van der Waals surface area contributed by atoms with Crippen molar-refractivity contribution in [3.05, 3.63) is 39.1 Å². The Balaban J connectivity index is 2.53. The SMILES string of the molecule is Cc1ccc(-c2[nH]ncc2I)cc1C. The highest BCUT2D eigenvalue weighted by molar-refractivity contribution is 14.1. The van der Waals surface area contributed by atoms with Crippen LogP contribution in [0.2, 0.25) is 0 Å². The number of H-pyrrole nitrogens is 1. The maximum absolute atomic E-state index is 4.02. The van der Waals surface area contributed by atoms with Crippen molar-refractivity contribution in [2.24, 2.45) is 0 Å². The predicted octanol–water partition coefficient (Wildman–Crippen LogP) is 3.30. The van der Waals surface area contributed by atoms with Gasteiger partial charge in [0.25, 0.3) is 0 Å². The molecule has 3 heteroatoms. The molecule has 1 aromatic heterocycles. The lowest BCUT2D eigenvalue weighted by Crippen LogP contribution is -1.85. The van der Waals surface area contributed by atoms with Crippen LogP contribution in [0.4, 0.5) is 0 Å². The van der Waals surface area contributed by atoms with Crippen LogP contribution in [-0.2, 0) is 0 Å². The van der Waals surface area contributed by atoms with E-state index in [9.17, 15) is 0 Å². The van der Waals surface area contributed by atoms with Gasteiger partial charge in [-0.2, -0.15) is 5.10 Å². The number of nitrogens with one attached hydrogen (secondary N) is 1. The lowest BCUT2D eigenvalue weighted by atomic mass is 10.0. The predicted molar refractivity (Wildman–Crippen MR) is 66.2 cm³/mol. The lowest BCUT2D eigenvalue weighted by Gasteiger charge is -2.03. The second-order valence-corrected chi connectivity index (χ2v) is 4.55. The van der Waals surface area contributed by atoms with Gasteiger partial charge in [0.15, 0.2) is 0 Å². The number of nitrogens with zero attached hydrogens (tertiary/aromatic N) is 1. The van der Waals surface area contributed by atoms with Gasteiger partial charge in [0, 0.05) is 5.56 Å². The minimum atomic E-state index is 1.11. The summed E-state index contributed by atoms with van der Waals surface area (Å²) in [6.45, 7) is 4.25. The molecule has 0 aliphatic carbocycles. The number of halogens is 1. The molecule has 0 unspecified atom stereocenters. The van der Waals surface area contributed by atoms with Crippen LogP contribution >= 0.6 is 22.6 Å². The number of aryl methyl sites for hydroxylation is 2. The van der Waals surface area contributed by atoms with E-state index in [0.717, 1.165) is 9.26 Å². The van der Waals surface area contributed by atoms with Gasteiger partial charge in [0.05, 0.1) is 15.5 Å². The van der Waals surface area contributed by atoms with Crippen molar-refractivity contribution in [3.8, 4) is 11.3 Å². The lowest BCUT2D eigenvalue weighted by molar-refractivity contribution is 1.09. The van der Waals surface area contributed by atoms with Gasteiger partial charge in [-0.05, 0) is 53.6 Å². The van der Waals surface area contributed by atoms with Gasteiger partial charge in [0.1, 0.15) is 0 Å². The highest BCUT2D eigenvalue weighted by Gasteiger charge is 2.05. The summed E-state index contributed by atoms with van der Waals surface area (Å²) in [4.78, 5) is 0. The standard InChI is InChI=1S/C11H11IN2/c1-7-3-4-9(5-8(7)2)11-10(12)6-13-14-11/h3-6H,1-2H3,(H,13,14). The van der Waals surface area contributed by atoms with Crippen molar-refractivity contribution in [2.75, 3.05) is 0 Å². The molecule has 0 radical (unpaired) electrons. The average molecular weight is 298 g/mol. The summed E-state index contributed by atoms with van der Waals surface area (Å²) in [5, 5.41) is 7.03. The number of aromatic nitrogens is 2. The van der Waals surface area contributed by atoms with Gasteiger partial charge in [-0.25, -0.2) is 0 Å². The third-order valence-electron chi connectivity index (χ3n) is 2.39. The Kier molecular flexibility index (Phi) is 2.58. The van der Waals surface area contributed by atoms with E-state index in [4.69, 9.17) is 0 Å². The Hall–Kier alpha value is -0.840. The summed E-state index contributed by atoms with van der Waals surface area (Å²) in [6.07, 6.45) is 1.84. The van der Waals surface area contributed by atoms with E-state index in [0.29, 0.717) is 0 Å². The molecule has 0 saturated carbocycles. The molecule has 0 spiro atoms. The van der Waals surface area contributed by atoms with E-state index >= 15 is 0 Å². The molecule has 14 heavy (non-hydrogen) atoms. The number of benzene rings is 1. The normalized spacial score (nSPS) is 10.5. The monoisotopic (exact) mass is 298 g/mol. The zero-order valence-corrected chi connectivity index (χ0v) is 10.3. The van der Waals surface area contributed by atoms with Crippen molar-refractivity contribution >= 4 is 22.6 Å². The van der Waals surface area contributed by atoms with E-state index in [-0.39, 0.29) is 0 Å². The number of rotatable bonds is 1. The van der Waals surface area contributed by atoms with Gasteiger partial charge in [-0.15, -0.1) is 0 Å². The zero-order chi connectivity index (χ0) is 10.1. The van der Waals surface area contributed by atoms with E-state index in [1.807, 2.05) is 6.20 Å². The summed E-state index contributed by atoms with van der Waals surface area (Å²) >= 11 is 2.29. The van der Waals surface area contributed by atoms with E-state index in [1.54, 1.807) is 0 Å². The van der Waals surface area contributed by atoms with Crippen LogP contribution in [0, 0.1) is 17.4 Å². The van der Waals surface area contributed by atoms with E-state index in [2.05, 4.69) is 64.8 Å². The van der Waals surface area contributed by atoms with Crippen molar-refractivity contribution < 1.29 is 0 Å². The van der Waals surface area contributed by atoms with Crippen LogP contribution in [0.25, 0.3) is 11.3 Å². The van der Waals surface area contributed by atoms with Crippen LogP contribution < -0.4 is 0 Å². The first-order valence-corrected chi connectivity index (χ1v) is 5.53. The summed E-state index contributed by atoms with van der Waals surface area (Å²) in [5.74, 6) is 0. The maximum atomic E-state index is 4.02. The molecule has 0 saturated heterocycles. The van der Waals surface area contributed by atoms with E-state index in [1.165, 1.54) is 16.7 Å². The smallest absolute Gasteiger partial charge is 0.0783 e. The Morgan fingerprint density at radius 3 is 2.57 bits per heavy atom. The fraction of sp³-hybridized carbons (Fsp3) is 0.182. The summed E-state index contributed by atoms with van der Waals surface area (Å²) in [6, 6.07) is 6.45. The van der Waals surface area contributed by atoms with Gasteiger partial charge >= 0.3 is 0 Å². The van der Waals surface area contributed by atoms with Gasteiger partial charge in [-0.3, -0.25) is 5.10 Å². The number of hydrogen-bond acceptors (Lipinski definition) is 1. The Bertz CT molecular complexity index is 460. The quantitative estimate of drug-likeness (QED) is 0.804. The molecular weight excluding hydrogens is 287 g/mol. The second-order valence-electron chi connectivity index (χ2n) is 3.39. The third kappa shape index (κ3) is 1.68. The fourth-order valence-corrected chi connectivity index (χ4v) is 1.94. The third-order valence-corrected chi connectivity index (χ3v) is 3.21. The second kappa shape index (κ2) is 3.73. The van der Waals surface area contributed by atoms with E-state index < -0.39 is 0 Å². The number of hydrogen-bond donors (Lipinski definition) is 1. The molecule has 2 aromatic rings. The first-order valence-electron chi connectivity index (χ1n) is 4.45. The molecule has 0 fully saturated rings. The summed E-state index contributed by atoms with van der Waals surface area (Å²) in [5.41, 5.74) is 4.94. The molecule has 2 nitrogen and oxygen atoms in total. The number of aromatic amines is 1. The van der Waals surface area contributed by atoms with Crippen LogP contribution in [0.15, 0.2) is 24.4 Å². The minimum absolute atomic E-state index is 1.11. The van der Waals surface area contributed by atoms with Crippen molar-refractivity contribution in [2.45, 2.75) is 13.8 Å². The highest BCUT2D eigenvalue weighted by Crippen LogP contribution is 2.24. The Morgan fingerprint density at radius 1 is 1.21 bits per heavy atom. The fourth-order valence-electron chi connectivity index (χ4n) is 1.37. The molecule has 0 bridgehead atoms. The molecule has 2 rings (SSSR count). The molecule has 0 aliphatic heterocycles. The van der Waals surface area contributed by atoms with Gasteiger partial charge in [0.2, 0.25) is 0 Å². The Labute approximate surface area is 96.9 Å². The molecular formula is C11H11IN2. The highest BCUT2D eigenvalue weighted by atomic mass is 127. The average Bonchev–Trinajstić information content (AvgIpc) is 2.57. The largest absolute Gasteiger partial charge is 0.277 e. The van der Waals surface area contributed by atoms with Crippen LogP contribution in [0.3, 0.4) is 0 Å². The van der Waals surface area contributed by atoms with Crippen molar-refractivity contribution in [1.82, 2.24) is 10.2 Å². The molecule has 0 atom stereocenters. The topological polar surface area (TPSA) is 28.7 Å². The minimum Gasteiger partial charge on any atom is -0.277 e. The van der Waals surface area contributed by atoms with Crippen LogP contribution in [0.5, 0.6) is 0 Å². The first-order chi connectivity index (χ1) is 6.68. The summed E-state index contributed by atoms with van der Waals surface area (Å²) in [7, 11) is 0. The first kappa shape index (κ1) is 9.71. The molecule has 1 N–H and O–H groups in total. The molecule has 0 amide bonds. The van der Waals surface area contributed by atoms with Gasteiger partial charge < -0.3 is 0 Å². The molecule has 72 valence electrons. The van der Waals surface area contributed by atoms with Crippen molar-refractivity contribution in [1.29, 1.82) is 0 Å². The Morgan fingerprint density at radius 2 is 2.00 bits per heavy atom. The molecule has 1 aromatic carbocycles. The molecule has 1 heterocycles. The van der Waals surface area contributed by atoms with Crippen molar-refractivity contribution in [3.63, 3.8) is 0 Å². The van der Waals surface area contributed by atoms with Gasteiger partial charge in [-0.1, -0.05) is 12.1 Å². The summed E-state index contributed by atoms with van der Waals surface area (Å²) < 4.78 is 1.16. The molecule has 0 aliphatic rings. The van der Waals surface area contributed by atoms with Crippen LogP contribution in [-0.4, -0.2) is 10.2 Å². The zero-order valence-electron chi connectivity index (χ0n) is 8.13.